The molecular weight excluding hydrogens is 274 g/mol. The highest BCUT2D eigenvalue weighted by Crippen LogP contribution is 2.09. The lowest BCUT2D eigenvalue weighted by Gasteiger charge is -2.10. The highest BCUT2D eigenvalue weighted by Gasteiger charge is 2.12. The first-order chi connectivity index (χ1) is 10.0. The molecule has 0 saturated carbocycles. The van der Waals surface area contributed by atoms with Gasteiger partial charge in [0, 0.05) is 0 Å². The van der Waals surface area contributed by atoms with Gasteiger partial charge in [-0.25, -0.2) is 4.98 Å². The Balaban J connectivity index is 2.29. The third-order valence-corrected chi connectivity index (χ3v) is 2.97. The van der Waals surface area contributed by atoms with E-state index in [1.807, 2.05) is 0 Å². The summed E-state index contributed by atoms with van der Waals surface area (Å²) in [5.74, 6) is -0.996. The Kier molecular flexibility index (Phi) is 4.32. The first-order valence-electron chi connectivity index (χ1n) is 6.32. The van der Waals surface area contributed by atoms with Crippen molar-refractivity contribution < 1.29 is 14.3 Å². The number of carbonyl (C=O) groups is 2. The van der Waals surface area contributed by atoms with Gasteiger partial charge in [0.05, 0.1) is 18.1 Å². The molecule has 0 atom stereocenters. The molecule has 7 heteroatoms. The second-order valence-electron chi connectivity index (χ2n) is 4.43. The van der Waals surface area contributed by atoms with Gasteiger partial charge in [-0.1, -0.05) is 12.1 Å². The van der Waals surface area contributed by atoms with Gasteiger partial charge in [-0.3, -0.25) is 19.0 Å². The van der Waals surface area contributed by atoms with E-state index in [4.69, 9.17) is 0 Å². The fourth-order valence-electron chi connectivity index (χ4n) is 1.92. The highest BCUT2D eigenvalue weighted by molar-refractivity contribution is 5.83. The zero-order valence-corrected chi connectivity index (χ0v) is 11.8. The number of ether oxygens (including phenoxy) is 1. The Morgan fingerprint density at radius 2 is 2.05 bits per heavy atom. The molecule has 2 aromatic rings. The second kappa shape index (κ2) is 6.17. The van der Waals surface area contributed by atoms with Crippen LogP contribution in [0.1, 0.15) is 5.69 Å². The number of nitrogens with one attached hydrogen (secondary N) is 1. The molecule has 0 bridgehead atoms. The topological polar surface area (TPSA) is 90.3 Å². The fourth-order valence-corrected chi connectivity index (χ4v) is 1.92. The average molecular weight is 289 g/mol. The lowest BCUT2D eigenvalue weighted by atomic mass is 10.2. The SMILES string of the molecule is COC(=O)CNC(=O)Cn1c(=O)c(C)nc2ccccc21. The van der Waals surface area contributed by atoms with Crippen LogP contribution in [0.4, 0.5) is 0 Å². The third-order valence-electron chi connectivity index (χ3n) is 2.97. The van der Waals surface area contributed by atoms with Crippen LogP contribution in [0.15, 0.2) is 29.1 Å². The van der Waals surface area contributed by atoms with Gasteiger partial charge < -0.3 is 10.1 Å². The number of aryl methyl sites for hydroxylation is 1. The van der Waals surface area contributed by atoms with Crippen LogP contribution >= 0.6 is 0 Å². The zero-order chi connectivity index (χ0) is 15.4. The Bertz CT molecular complexity index is 751. The summed E-state index contributed by atoms with van der Waals surface area (Å²) in [5.41, 5.74) is 1.19. The average Bonchev–Trinajstić information content (AvgIpc) is 2.49. The Hall–Kier alpha value is -2.70. The molecule has 0 aliphatic rings. The van der Waals surface area contributed by atoms with Crippen molar-refractivity contribution in [2.45, 2.75) is 13.5 Å². The molecule has 1 aromatic carbocycles. The number of amides is 1. The van der Waals surface area contributed by atoms with Crippen LogP contribution in [-0.2, 0) is 20.9 Å². The highest BCUT2D eigenvalue weighted by atomic mass is 16.5. The molecule has 7 nitrogen and oxygen atoms in total. The van der Waals surface area contributed by atoms with Gasteiger partial charge in [-0.15, -0.1) is 0 Å². The van der Waals surface area contributed by atoms with E-state index in [0.29, 0.717) is 16.7 Å². The maximum atomic E-state index is 12.1. The van der Waals surface area contributed by atoms with Crippen molar-refractivity contribution in [2.75, 3.05) is 13.7 Å². The zero-order valence-electron chi connectivity index (χ0n) is 11.8. The number of hydrogen-bond donors (Lipinski definition) is 1. The minimum Gasteiger partial charge on any atom is -0.468 e. The monoisotopic (exact) mass is 289 g/mol. The minimum atomic E-state index is -0.550. The summed E-state index contributed by atoms with van der Waals surface area (Å²) < 4.78 is 5.77. The van der Waals surface area contributed by atoms with Gasteiger partial charge >= 0.3 is 5.97 Å². The normalized spacial score (nSPS) is 10.4. The van der Waals surface area contributed by atoms with E-state index < -0.39 is 11.9 Å². The lowest BCUT2D eigenvalue weighted by molar-refractivity contribution is -0.141. The molecule has 0 unspecified atom stereocenters. The maximum absolute atomic E-state index is 12.1. The first-order valence-corrected chi connectivity index (χ1v) is 6.32. The van der Waals surface area contributed by atoms with E-state index in [1.54, 1.807) is 31.2 Å². The number of para-hydroxylation sites is 2. The molecule has 1 heterocycles. The van der Waals surface area contributed by atoms with E-state index in [2.05, 4.69) is 15.0 Å². The van der Waals surface area contributed by atoms with Crippen molar-refractivity contribution in [2.24, 2.45) is 0 Å². The van der Waals surface area contributed by atoms with Crippen molar-refractivity contribution in [3.63, 3.8) is 0 Å². The lowest BCUT2D eigenvalue weighted by Crippen LogP contribution is -2.36. The van der Waals surface area contributed by atoms with E-state index >= 15 is 0 Å². The second-order valence-corrected chi connectivity index (χ2v) is 4.43. The summed E-state index contributed by atoms with van der Waals surface area (Å²) in [6, 6.07) is 7.06. The van der Waals surface area contributed by atoms with Gasteiger partial charge in [0.1, 0.15) is 18.8 Å². The summed E-state index contributed by atoms with van der Waals surface area (Å²) in [5, 5.41) is 2.40. The number of esters is 1. The van der Waals surface area contributed by atoms with Crippen molar-refractivity contribution in [3.8, 4) is 0 Å². The standard InChI is InChI=1S/C14H15N3O4/c1-9-14(20)17(8-12(18)15-7-13(19)21-2)11-6-4-3-5-10(11)16-9/h3-6H,7-8H2,1-2H3,(H,15,18). The van der Waals surface area contributed by atoms with Crippen molar-refractivity contribution >= 4 is 22.9 Å². The van der Waals surface area contributed by atoms with Crippen LogP contribution in [0.2, 0.25) is 0 Å². The van der Waals surface area contributed by atoms with Crippen molar-refractivity contribution in [1.29, 1.82) is 0 Å². The molecule has 0 fully saturated rings. The Labute approximate surface area is 120 Å². The fraction of sp³-hybridized carbons (Fsp3) is 0.286. The van der Waals surface area contributed by atoms with Crippen LogP contribution in [-0.4, -0.2) is 35.1 Å². The Morgan fingerprint density at radius 1 is 1.33 bits per heavy atom. The first kappa shape index (κ1) is 14.7. The van der Waals surface area contributed by atoms with E-state index in [-0.39, 0.29) is 18.6 Å². The van der Waals surface area contributed by atoms with Gasteiger partial charge in [0.2, 0.25) is 5.91 Å². The van der Waals surface area contributed by atoms with Gasteiger partial charge in [0.15, 0.2) is 0 Å². The van der Waals surface area contributed by atoms with E-state index in [1.165, 1.54) is 11.7 Å². The van der Waals surface area contributed by atoms with Gasteiger partial charge in [-0.2, -0.15) is 0 Å². The van der Waals surface area contributed by atoms with E-state index in [9.17, 15) is 14.4 Å². The van der Waals surface area contributed by atoms with Crippen LogP contribution in [0.25, 0.3) is 11.0 Å². The number of aromatic nitrogens is 2. The predicted octanol–water partition coefficient (Wildman–Crippen LogP) is -0.00588. The van der Waals surface area contributed by atoms with Gasteiger partial charge in [-0.05, 0) is 19.1 Å². The largest absolute Gasteiger partial charge is 0.468 e. The summed E-state index contributed by atoms with van der Waals surface area (Å²) in [6.07, 6.45) is 0. The number of fused-ring (bicyclic) bond motifs is 1. The number of rotatable bonds is 4. The molecule has 0 radical (unpaired) electrons. The van der Waals surface area contributed by atoms with E-state index in [0.717, 1.165) is 0 Å². The number of carbonyl (C=O) groups excluding carboxylic acids is 2. The van der Waals surface area contributed by atoms with Crippen molar-refractivity contribution in [1.82, 2.24) is 14.9 Å². The van der Waals surface area contributed by atoms with Crippen LogP contribution in [0, 0.1) is 6.92 Å². The maximum Gasteiger partial charge on any atom is 0.325 e. The summed E-state index contributed by atoms with van der Waals surface area (Å²) in [7, 11) is 1.23. The summed E-state index contributed by atoms with van der Waals surface area (Å²) >= 11 is 0. The number of benzene rings is 1. The molecule has 2 rings (SSSR count). The number of methoxy groups -OCH3 is 1. The molecular formula is C14H15N3O4. The minimum absolute atomic E-state index is 0.181. The molecule has 0 spiro atoms. The summed E-state index contributed by atoms with van der Waals surface area (Å²) in [4.78, 5) is 39.2. The number of nitrogens with zero attached hydrogens (tertiary/aromatic N) is 2. The smallest absolute Gasteiger partial charge is 0.325 e. The molecule has 0 aliphatic carbocycles. The predicted molar refractivity (Wildman–Crippen MR) is 75.8 cm³/mol. The van der Waals surface area contributed by atoms with Crippen molar-refractivity contribution in [3.05, 3.63) is 40.3 Å². The summed E-state index contributed by atoms with van der Waals surface area (Å²) in [6.45, 7) is 1.18. The molecule has 1 N–H and O–H groups in total. The van der Waals surface area contributed by atoms with Gasteiger partial charge in [0.25, 0.3) is 5.56 Å². The van der Waals surface area contributed by atoms with Crippen LogP contribution in [0.5, 0.6) is 0 Å². The molecule has 0 saturated heterocycles. The van der Waals surface area contributed by atoms with Crippen LogP contribution < -0.4 is 10.9 Å². The quantitative estimate of drug-likeness (QED) is 0.800. The molecule has 21 heavy (non-hydrogen) atoms. The molecule has 0 aliphatic heterocycles. The molecule has 1 amide bonds. The molecule has 110 valence electrons. The number of hydrogen-bond acceptors (Lipinski definition) is 5. The third kappa shape index (κ3) is 3.25. The van der Waals surface area contributed by atoms with Crippen LogP contribution in [0.3, 0.4) is 0 Å². The molecule has 1 aromatic heterocycles. The Morgan fingerprint density at radius 3 is 2.76 bits per heavy atom.